The number of H-pyrrole nitrogens is 1. The van der Waals surface area contributed by atoms with Gasteiger partial charge in [0.15, 0.2) is 11.5 Å². The van der Waals surface area contributed by atoms with Crippen LogP contribution in [0.2, 0.25) is 0 Å². The lowest BCUT2D eigenvalue weighted by molar-refractivity contribution is -0.122. The number of para-hydroxylation sites is 1. The van der Waals surface area contributed by atoms with Gasteiger partial charge in [-0.05, 0) is 24.6 Å². The number of nitrogens with zero attached hydrogens (tertiary/aromatic N) is 1. The predicted molar refractivity (Wildman–Crippen MR) is 125 cm³/mol. The fourth-order valence-corrected chi connectivity index (χ4v) is 4.57. The number of benzene rings is 2. The van der Waals surface area contributed by atoms with Crippen LogP contribution in [0, 0.1) is 0 Å². The van der Waals surface area contributed by atoms with E-state index in [1.165, 1.54) is 0 Å². The third kappa shape index (κ3) is 3.18. The summed E-state index contributed by atoms with van der Waals surface area (Å²) in [4.78, 5) is 29.3. The van der Waals surface area contributed by atoms with Crippen LogP contribution in [-0.4, -0.2) is 47.3 Å². The largest absolute Gasteiger partial charge is 0.493 e. The maximum absolute atomic E-state index is 13.1. The van der Waals surface area contributed by atoms with E-state index >= 15 is 0 Å². The highest BCUT2D eigenvalue weighted by Gasteiger charge is 2.36. The second-order valence-corrected chi connectivity index (χ2v) is 7.79. The number of aryl methyl sites for hydroxylation is 1. The molecule has 0 saturated heterocycles. The first kappa shape index (κ1) is 20.8. The van der Waals surface area contributed by atoms with Crippen LogP contribution in [0.1, 0.15) is 17.5 Å². The predicted octanol–water partition coefficient (Wildman–Crippen LogP) is 3.09. The van der Waals surface area contributed by atoms with Gasteiger partial charge in [-0.3, -0.25) is 14.9 Å². The van der Waals surface area contributed by atoms with Gasteiger partial charge in [-0.1, -0.05) is 18.2 Å². The van der Waals surface area contributed by atoms with E-state index in [0.717, 1.165) is 16.4 Å². The molecule has 0 radical (unpaired) electrons. The number of aliphatic hydroxyl groups excluding tert-OH is 1. The molecular weight excluding hydrogens is 422 g/mol. The number of hydrogen-bond acceptors (Lipinski definition) is 5. The molecule has 8 heteroatoms. The highest BCUT2D eigenvalue weighted by molar-refractivity contribution is 6.51. The van der Waals surface area contributed by atoms with E-state index in [1.807, 2.05) is 41.1 Å². The van der Waals surface area contributed by atoms with Gasteiger partial charge in [0, 0.05) is 47.6 Å². The van der Waals surface area contributed by atoms with Crippen molar-refractivity contribution in [2.75, 3.05) is 20.8 Å². The molecule has 0 unspecified atom stereocenters. The van der Waals surface area contributed by atoms with Gasteiger partial charge < -0.3 is 24.1 Å². The number of carbonyl (C=O) groups excluding carboxylic acids is 2. The first-order chi connectivity index (χ1) is 16.1. The lowest BCUT2D eigenvalue weighted by atomic mass is 9.95. The normalized spacial score (nSPS) is 13.9. The number of aromatic amines is 1. The second-order valence-electron chi connectivity index (χ2n) is 7.79. The first-order valence-corrected chi connectivity index (χ1v) is 10.6. The summed E-state index contributed by atoms with van der Waals surface area (Å²) in [6.07, 6.45) is 4.13. The number of ether oxygens (including phenoxy) is 2. The molecule has 4 aromatic rings. The average molecular weight is 445 g/mol. The van der Waals surface area contributed by atoms with E-state index in [2.05, 4.69) is 10.3 Å². The standard InChI is InChI=1S/C25H23N3O5/c1-32-19-9-8-18-20(23(19)33-2)16(13-28(18)10-5-11-29)22-21(24(30)27-25(22)31)15-12-26-17-7-4-3-6-14(15)17/h3-4,6-9,12-13,26,29H,5,10-11H2,1-2H3,(H,27,30,31). The molecule has 168 valence electrons. The second kappa shape index (κ2) is 8.14. The van der Waals surface area contributed by atoms with Crippen molar-refractivity contribution in [3.8, 4) is 11.5 Å². The molecule has 3 heterocycles. The van der Waals surface area contributed by atoms with Gasteiger partial charge in [0.1, 0.15) is 0 Å². The number of hydrogen-bond donors (Lipinski definition) is 3. The van der Waals surface area contributed by atoms with Gasteiger partial charge in [0.05, 0.1) is 36.3 Å². The van der Waals surface area contributed by atoms with Crippen LogP contribution < -0.4 is 14.8 Å². The molecule has 1 aliphatic heterocycles. The van der Waals surface area contributed by atoms with Crippen molar-refractivity contribution < 1.29 is 24.2 Å². The van der Waals surface area contributed by atoms with Gasteiger partial charge in [-0.2, -0.15) is 0 Å². The maximum atomic E-state index is 13.1. The molecule has 0 aliphatic carbocycles. The highest BCUT2D eigenvalue weighted by Crippen LogP contribution is 2.44. The van der Waals surface area contributed by atoms with Crippen molar-refractivity contribution in [1.82, 2.24) is 14.9 Å². The zero-order chi connectivity index (χ0) is 23.1. The highest BCUT2D eigenvalue weighted by atomic mass is 16.5. The number of aromatic nitrogens is 2. The van der Waals surface area contributed by atoms with E-state index in [9.17, 15) is 14.7 Å². The minimum absolute atomic E-state index is 0.0323. The molecule has 0 saturated carbocycles. The van der Waals surface area contributed by atoms with Crippen molar-refractivity contribution in [2.45, 2.75) is 13.0 Å². The molecule has 1 aliphatic rings. The summed E-state index contributed by atoms with van der Waals surface area (Å²) in [6.45, 7) is 0.568. The van der Waals surface area contributed by atoms with Gasteiger partial charge in [0.2, 0.25) is 0 Å². The Balaban J connectivity index is 1.86. The Morgan fingerprint density at radius 3 is 2.45 bits per heavy atom. The maximum Gasteiger partial charge on any atom is 0.259 e. The van der Waals surface area contributed by atoms with E-state index in [0.29, 0.717) is 46.6 Å². The molecule has 2 aromatic heterocycles. The zero-order valence-electron chi connectivity index (χ0n) is 18.3. The molecule has 2 aromatic carbocycles. The summed E-state index contributed by atoms with van der Waals surface area (Å²) in [5.74, 6) is 0.0834. The van der Waals surface area contributed by atoms with Crippen LogP contribution >= 0.6 is 0 Å². The number of rotatable bonds is 7. The minimum atomic E-state index is -0.466. The molecule has 3 N–H and O–H groups in total. The SMILES string of the molecule is COc1ccc2c(c(C3=C(c4c[nH]c5ccccc45)C(=O)NC3=O)cn2CCCO)c1OC. The van der Waals surface area contributed by atoms with Crippen molar-refractivity contribution in [2.24, 2.45) is 0 Å². The van der Waals surface area contributed by atoms with E-state index in [-0.39, 0.29) is 12.2 Å². The van der Waals surface area contributed by atoms with Crippen LogP contribution in [0.5, 0.6) is 11.5 Å². The van der Waals surface area contributed by atoms with Crippen LogP contribution in [0.25, 0.3) is 33.0 Å². The Morgan fingerprint density at radius 2 is 1.73 bits per heavy atom. The van der Waals surface area contributed by atoms with Crippen LogP contribution in [0.4, 0.5) is 0 Å². The zero-order valence-corrected chi connectivity index (χ0v) is 18.3. The van der Waals surface area contributed by atoms with Gasteiger partial charge in [-0.25, -0.2) is 0 Å². The number of aliphatic hydroxyl groups is 1. The lowest BCUT2D eigenvalue weighted by Crippen LogP contribution is -2.22. The van der Waals surface area contributed by atoms with Crippen LogP contribution in [0.15, 0.2) is 48.8 Å². The molecular formula is C25H23N3O5. The Labute approximate surface area is 189 Å². The van der Waals surface area contributed by atoms with Crippen LogP contribution in [0.3, 0.4) is 0 Å². The third-order valence-corrected chi connectivity index (χ3v) is 6.00. The lowest BCUT2D eigenvalue weighted by Gasteiger charge is -2.11. The molecule has 2 amide bonds. The van der Waals surface area contributed by atoms with Crippen molar-refractivity contribution in [3.63, 3.8) is 0 Å². The smallest absolute Gasteiger partial charge is 0.259 e. The Hall–Kier alpha value is -4.04. The van der Waals surface area contributed by atoms with Gasteiger partial charge in [0.25, 0.3) is 11.8 Å². The fourth-order valence-electron chi connectivity index (χ4n) is 4.57. The van der Waals surface area contributed by atoms with Gasteiger partial charge >= 0.3 is 0 Å². The molecule has 0 fully saturated rings. The summed E-state index contributed by atoms with van der Waals surface area (Å²) in [7, 11) is 3.09. The summed E-state index contributed by atoms with van der Waals surface area (Å²) < 4.78 is 13.1. The van der Waals surface area contributed by atoms with Crippen molar-refractivity contribution in [3.05, 3.63) is 59.9 Å². The molecule has 33 heavy (non-hydrogen) atoms. The number of imide groups is 1. The van der Waals surface area contributed by atoms with Crippen molar-refractivity contribution >= 4 is 44.8 Å². The monoisotopic (exact) mass is 445 g/mol. The number of methoxy groups -OCH3 is 2. The number of amides is 2. The molecule has 0 spiro atoms. The minimum Gasteiger partial charge on any atom is -0.493 e. The molecule has 0 atom stereocenters. The Morgan fingerprint density at radius 1 is 0.970 bits per heavy atom. The molecule has 5 rings (SSSR count). The van der Waals surface area contributed by atoms with Crippen molar-refractivity contribution in [1.29, 1.82) is 0 Å². The fraction of sp³-hybridized carbons (Fsp3) is 0.200. The summed E-state index contributed by atoms with van der Waals surface area (Å²) >= 11 is 0. The summed E-state index contributed by atoms with van der Waals surface area (Å²) in [5, 5.41) is 13.4. The Kier molecular flexibility index (Phi) is 5.14. The van der Waals surface area contributed by atoms with E-state index in [1.54, 1.807) is 26.5 Å². The molecule has 8 nitrogen and oxygen atoms in total. The van der Waals surface area contributed by atoms with Gasteiger partial charge in [-0.15, -0.1) is 0 Å². The van der Waals surface area contributed by atoms with E-state index < -0.39 is 11.8 Å². The topological polar surface area (TPSA) is 106 Å². The van der Waals surface area contributed by atoms with Crippen LogP contribution in [-0.2, 0) is 16.1 Å². The average Bonchev–Trinajstić information content (AvgIpc) is 3.49. The summed E-state index contributed by atoms with van der Waals surface area (Å²) in [5.41, 5.74) is 3.50. The third-order valence-electron chi connectivity index (χ3n) is 6.00. The quantitative estimate of drug-likeness (QED) is 0.379. The number of carbonyl (C=O) groups is 2. The van der Waals surface area contributed by atoms with E-state index in [4.69, 9.17) is 9.47 Å². The number of fused-ring (bicyclic) bond motifs is 2. The number of nitrogens with one attached hydrogen (secondary N) is 2. The first-order valence-electron chi connectivity index (χ1n) is 10.6. The molecule has 0 bridgehead atoms. The Bertz CT molecular complexity index is 1440. The summed E-state index contributed by atoms with van der Waals surface area (Å²) in [6, 6.07) is 11.3.